The third-order valence-corrected chi connectivity index (χ3v) is 6.47. The number of carbonyl (C=O) groups is 3. The summed E-state index contributed by atoms with van der Waals surface area (Å²) in [5.41, 5.74) is 0.614. The zero-order chi connectivity index (χ0) is 21.6. The van der Waals surface area contributed by atoms with E-state index in [2.05, 4.69) is 14.9 Å². The van der Waals surface area contributed by atoms with Crippen LogP contribution in [0.5, 0.6) is 0 Å². The molecule has 162 valence electrons. The van der Waals surface area contributed by atoms with Gasteiger partial charge in [-0.1, -0.05) is 0 Å². The second kappa shape index (κ2) is 7.52. The van der Waals surface area contributed by atoms with Crippen LogP contribution < -0.4 is 10.9 Å². The van der Waals surface area contributed by atoms with Crippen molar-refractivity contribution >= 4 is 17.8 Å². The molecule has 4 amide bonds. The molecule has 0 aliphatic carbocycles. The van der Waals surface area contributed by atoms with Crippen LogP contribution in [0.25, 0.3) is 0 Å². The Hall–Kier alpha value is -2.71. The van der Waals surface area contributed by atoms with Crippen molar-refractivity contribution in [2.75, 3.05) is 19.6 Å². The number of piperidine rings is 1. The van der Waals surface area contributed by atoms with Crippen molar-refractivity contribution in [1.29, 1.82) is 0 Å². The van der Waals surface area contributed by atoms with Gasteiger partial charge in [0, 0.05) is 56.2 Å². The Balaban J connectivity index is 1.45. The van der Waals surface area contributed by atoms with E-state index in [1.54, 1.807) is 13.8 Å². The molecule has 2 fully saturated rings. The van der Waals surface area contributed by atoms with Gasteiger partial charge in [-0.25, -0.2) is 4.79 Å². The molecule has 0 spiro atoms. The van der Waals surface area contributed by atoms with E-state index in [0.717, 1.165) is 48.6 Å². The zero-order valence-corrected chi connectivity index (χ0v) is 17.9. The van der Waals surface area contributed by atoms with Crippen LogP contribution in [-0.2, 0) is 22.6 Å². The largest absolute Gasteiger partial charge is 0.342 e. The van der Waals surface area contributed by atoms with Gasteiger partial charge >= 0.3 is 6.03 Å². The highest BCUT2D eigenvalue weighted by atomic mass is 16.2. The predicted molar refractivity (Wildman–Crippen MR) is 109 cm³/mol. The maximum Gasteiger partial charge on any atom is 0.325 e. The van der Waals surface area contributed by atoms with Crippen LogP contribution in [0.1, 0.15) is 62.5 Å². The number of hydrogen-bond acceptors (Lipinski definition) is 5. The standard InChI is InChI=1S/C21H29N5O4/c1-13-17(25-10-5-7-15(25)22-18(13)28)14-6-4-9-24(12-14)16(27)8-11-26-19(29)21(2,3)23-20(26)30/h14H,4-12H2,1-3H3,(H,23,30). The van der Waals surface area contributed by atoms with Gasteiger partial charge in [0.1, 0.15) is 11.4 Å². The first-order valence-electron chi connectivity index (χ1n) is 10.7. The average Bonchev–Trinajstić information content (AvgIpc) is 3.23. The molecule has 1 unspecified atom stereocenters. The van der Waals surface area contributed by atoms with E-state index in [4.69, 9.17) is 0 Å². The molecule has 30 heavy (non-hydrogen) atoms. The first kappa shape index (κ1) is 20.6. The number of fused-ring (bicyclic) bond motifs is 1. The van der Waals surface area contributed by atoms with Gasteiger partial charge in [-0.15, -0.1) is 0 Å². The molecule has 0 bridgehead atoms. The van der Waals surface area contributed by atoms with Crippen molar-refractivity contribution in [2.45, 2.75) is 70.9 Å². The van der Waals surface area contributed by atoms with E-state index < -0.39 is 11.6 Å². The molecule has 0 aromatic carbocycles. The van der Waals surface area contributed by atoms with Crippen molar-refractivity contribution in [3.63, 3.8) is 0 Å². The fraction of sp³-hybridized carbons (Fsp3) is 0.667. The van der Waals surface area contributed by atoms with Crippen molar-refractivity contribution in [3.8, 4) is 0 Å². The van der Waals surface area contributed by atoms with Crippen LogP contribution in [0.4, 0.5) is 4.79 Å². The van der Waals surface area contributed by atoms with Crippen LogP contribution in [0.15, 0.2) is 4.79 Å². The van der Waals surface area contributed by atoms with E-state index in [1.807, 2.05) is 11.8 Å². The minimum Gasteiger partial charge on any atom is -0.342 e. The van der Waals surface area contributed by atoms with Gasteiger partial charge in [0.05, 0.1) is 0 Å². The summed E-state index contributed by atoms with van der Waals surface area (Å²) in [5, 5.41) is 2.63. The molecule has 1 atom stereocenters. The zero-order valence-electron chi connectivity index (χ0n) is 17.9. The third kappa shape index (κ3) is 3.50. The maximum absolute atomic E-state index is 12.9. The highest BCUT2D eigenvalue weighted by molar-refractivity contribution is 6.06. The van der Waals surface area contributed by atoms with Crippen molar-refractivity contribution in [2.24, 2.45) is 0 Å². The molecule has 1 aromatic heterocycles. The lowest BCUT2D eigenvalue weighted by Crippen LogP contribution is -2.43. The molecule has 0 radical (unpaired) electrons. The third-order valence-electron chi connectivity index (χ3n) is 6.47. The summed E-state index contributed by atoms with van der Waals surface area (Å²) in [6, 6.07) is -0.448. The van der Waals surface area contributed by atoms with E-state index in [-0.39, 0.29) is 36.3 Å². The monoisotopic (exact) mass is 415 g/mol. The number of amides is 4. The second-order valence-corrected chi connectivity index (χ2v) is 9.04. The van der Waals surface area contributed by atoms with Crippen LogP contribution in [0, 0.1) is 6.92 Å². The van der Waals surface area contributed by atoms with Crippen molar-refractivity contribution in [1.82, 2.24) is 24.7 Å². The maximum atomic E-state index is 12.9. The lowest BCUT2D eigenvalue weighted by Gasteiger charge is -2.35. The Morgan fingerprint density at radius 1 is 1.20 bits per heavy atom. The van der Waals surface area contributed by atoms with E-state index in [0.29, 0.717) is 18.7 Å². The number of aromatic nitrogens is 2. The molecule has 3 aliphatic rings. The minimum atomic E-state index is -0.928. The molecule has 9 heteroatoms. The normalized spacial score (nSPS) is 23.0. The number of imide groups is 1. The number of likely N-dealkylation sites (tertiary alicyclic amines) is 1. The SMILES string of the molecule is Cc1c(C2CCCN(C(=O)CCN3C(=O)NC(C)(C)C3=O)C2)n2c(nc1=O)CCC2. The Kier molecular flexibility index (Phi) is 5.15. The summed E-state index contributed by atoms with van der Waals surface area (Å²) in [6.45, 7) is 7.29. The molecule has 4 rings (SSSR count). The summed E-state index contributed by atoms with van der Waals surface area (Å²) in [5.74, 6) is 0.580. The molecule has 1 N–H and O–H groups in total. The first-order chi connectivity index (χ1) is 14.2. The van der Waals surface area contributed by atoms with E-state index in [9.17, 15) is 19.2 Å². The van der Waals surface area contributed by atoms with Gasteiger partial charge in [0.15, 0.2) is 0 Å². The second-order valence-electron chi connectivity index (χ2n) is 9.04. The van der Waals surface area contributed by atoms with Gasteiger partial charge in [0.25, 0.3) is 11.5 Å². The minimum absolute atomic E-state index is 0.0688. The Morgan fingerprint density at radius 2 is 1.97 bits per heavy atom. The fourth-order valence-corrected chi connectivity index (χ4v) is 4.89. The van der Waals surface area contributed by atoms with Crippen LogP contribution in [-0.4, -0.2) is 62.4 Å². The van der Waals surface area contributed by atoms with E-state index in [1.165, 1.54) is 0 Å². The predicted octanol–water partition coefficient (Wildman–Crippen LogP) is 0.924. The molecule has 9 nitrogen and oxygen atoms in total. The van der Waals surface area contributed by atoms with Gasteiger partial charge in [-0.05, 0) is 40.0 Å². The summed E-state index contributed by atoms with van der Waals surface area (Å²) in [7, 11) is 0. The summed E-state index contributed by atoms with van der Waals surface area (Å²) < 4.78 is 2.17. The molecule has 4 heterocycles. The molecule has 3 aliphatic heterocycles. The van der Waals surface area contributed by atoms with E-state index >= 15 is 0 Å². The van der Waals surface area contributed by atoms with Gasteiger partial charge < -0.3 is 14.8 Å². The molecular formula is C21H29N5O4. The lowest BCUT2D eigenvalue weighted by atomic mass is 9.91. The topological polar surface area (TPSA) is 105 Å². The van der Waals surface area contributed by atoms with Crippen LogP contribution >= 0.6 is 0 Å². The number of nitrogens with one attached hydrogen (secondary N) is 1. The van der Waals surface area contributed by atoms with Gasteiger partial charge in [-0.2, -0.15) is 4.98 Å². The first-order valence-corrected chi connectivity index (χ1v) is 10.7. The Bertz CT molecular complexity index is 967. The molecule has 1 aromatic rings. The van der Waals surface area contributed by atoms with Crippen LogP contribution in [0.3, 0.4) is 0 Å². The smallest absolute Gasteiger partial charge is 0.325 e. The lowest BCUT2D eigenvalue weighted by molar-refractivity contribution is -0.134. The number of urea groups is 1. The fourth-order valence-electron chi connectivity index (χ4n) is 4.89. The number of rotatable bonds is 4. The highest BCUT2D eigenvalue weighted by Gasteiger charge is 2.44. The number of carbonyl (C=O) groups excluding carboxylic acids is 3. The number of nitrogens with zero attached hydrogens (tertiary/aromatic N) is 4. The Labute approximate surface area is 175 Å². The van der Waals surface area contributed by atoms with Crippen molar-refractivity contribution < 1.29 is 14.4 Å². The van der Waals surface area contributed by atoms with Crippen LogP contribution in [0.2, 0.25) is 0 Å². The summed E-state index contributed by atoms with van der Waals surface area (Å²) in [4.78, 5) is 56.7. The number of aryl methyl sites for hydroxylation is 1. The highest BCUT2D eigenvalue weighted by Crippen LogP contribution is 2.31. The molecule has 0 saturated carbocycles. The van der Waals surface area contributed by atoms with Gasteiger partial charge in [-0.3, -0.25) is 19.3 Å². The molecular weight excluding hydrogens is 386 g/mol. The van der Waals surface area contributed by atoms with Gasteiger partial charge in [0.2, 0.25) is 5.91 Å². The average molecular weight is 415 g/mol. The summed E-state index contributed by atoms with van der Waals surface area (Å²) >= 11 is 0. The molecule has 2 saturated heterocycles. The summed E-state index contributed by atoms with van der Waals surface area (Å²) in [6.07, 6.45) is 3.70. The quantitative estimate of drug-likeness (QED) is 0.737. The number of hydrogen-bond donors (Lipinski definition) is 1. The Morgan fingerprint density at radius 3 is 2.67 bits per heavy atom. The van der Waals surface area contributed by atoms with Crippen molar-refractivity contribution in [3.05, 3.63) is 27.4 Å².